The third-order valence-corrected chi connectivity index (χ3v) is 6.13. The number of piperazine rings is 1. The largest absolute Gasteiger partial charge is 0.378 e. The van der Waals surface area contributed by atoms with Gasteiger partial charge in [0.15, 0.2) is 0 Å². The summed E-state index contributed by atoms with van der Waals surface area (Å²) in [6, 6.07) is 14.0. The van der Waals surface area contributed by atoms with Crippen molar-refractivity contribution in [1.82, 2.24) is 9.80 Å². The van der Waals surface area contributed by atoms with Crippen molar-refractivity contribution < 1.29 is 4.74 Å². The van der Waals surface area contributed by atoms with Gasteiger partial charge in [-0.1, -0.05) is 30.3 Å². The molecule has 4 rings (SSSR count). The van der Waals surface area contributed by atoms with Gasteiger partial charge in [-0.25, -0.2) is 0 Å². The van der Waals surface area contributed by atoms with E-state index in [-0.39, 0.29) is 0 Å². The first-order valence-corrected chi connectivity index (χ1v) is 9.33. The molecule has 0 aliphatic carbocycles. The van der Waals surface area contributed by atoms with Gasteiger partial charge >= 0.3 is 0 Å². The summed E-state index contributed by atoms with van der Waals surface area (Å²) in [5, 5.41) is 2.20. The Morgan fingerprint density at radius 1 is 1.13 bits per heavy atom. The number of ether oxygens (including phenoxy) is 1. The van der Waals surface area contributed by atoms with Gasteiger partial charge in [0.05, 0.1) is 19.3 Å². The molecule has 0 spiro atoms. The highest BCUT2D eigenvalue weighted by atomic mass is 32.1. The molecule has 0 unspecified atom stereocenters. The van der Waals surface area contributed by atoms with Crippen LogP contribution in [0.1, 0.15) is 22.0 Å². The van der Waals surface area contributed by atoms with Gasteiger partial charge in [-0.15, -0.1) is 11.3 Å². The minimum absolute atomic E-state index is 0.417. The fraction of sp³-hybridized carbons (Fsp3) is 0.474. The maximum absolute atomic E-state index is 5.95. The molecule has 122 valence electrons. The van der Waals surface area contributed by atoms with Crippen LogP contribution < -0.4 is 0 Å². The van der Waals surface area contributed by atoms with Gasteiger partial charge in [-0.2, -0.15) is 0 Å². The van der Waals surface area contributed by atoms with Crippen LogP contribution in [0.25, 0.3) is 0 Å². The molecule has 0 bridgehead atoms. The Kier molecular flexibility index (Phi) is 4.49. The smallest absolute Gasteiger partial charge is 0.0664 e. The predicted molar refractivity (Wildman–Crippen MR) is 94.8 cm³/mol. The standard InChI is InChI=1S/C19H24N2OS/c1-15-7-10-23-19(15)12-20-8-9-21-17(11-20)13-22-14-18(21)16-5-3-2-4-6-16/h2-7,10,17-18H,8-9,11-14H2,1H3/t17-,18-/m1/s1. The van der Waals surface area contributed by atoms with E-state index in [0.717, 1.165) is 39.4 Å². The first kappa shape index (κ1) is 15.3. The van der Waals surface area contributed by atoms with Crippen LogP contribution in [-0.2, 0) is 11.3 Å². The molecule has 0 N–H and O–H groups in total. The number of benzene rings is 1. The number of morpholine rings is 1. The summed E-state index contributed by atoms with van der Waals surface area (Å²) in [5.41, 5.74) is 2.82. The lowest BCUT2D eigenvalue weighted by Crippen LogP contribution is -2.58. The lowest BCUT2D eigenvalue weighted by Gasteiger charge is -2.48. The van der Waals surface area contributed by atoms with Crippen molar-refractivity contribution in [1.29, 1.82) is 0 Å². The molecule has 0 radical (unpaired) electrons. The number of nitrogens with zero attached hydrogens (tertiary/aromatic N) is 2. The van der Waals surface area contributed by atoms with E-state index in [9.17, 15) is 0 Å². The van der Waals surface area contributed by atoms with Crippen LogP contribution in [0.15, 0.2) is 41.8 Å². The second-order valence-electron chi connectivity index (χ2n) is 6.62. The number of aryl methyl sites for hydroxylation is 1. The molecule has 3 heterocycles. The summed E-state index contributed by atoms with van der Waals surface area (Å²) in [6.07, 6.45) is 0. The van der Waals surface area contributed by atoms with E-state index >= 15 is 0 Å². The molecule has 0 amide bonds. The summed E-state index contributed by atoms with van der Waals surface area (Å²) in [5.74, 6) is 0. The van der Waals surface area contributed by atoms with Gasteiger partial charge in [-0.05, 0) is 29.5 Å². The third-order valence-electron chi connectivity index (χ3n) is 5.12. The summed E-state index contributed by atoms with van der Waals surface area (Å²) in [6.45, 7) is 8.39. The maximum Gasteiger partial charge on any atom is 0.0664 e. The van der Waals surface area contributed by atoms with E-state index in [1.807, 2.05) is 11.3 Å². The van der Waals surface area contributed by atoms with Crippen molar-refractivity contribution in [3.05, 3.63) is 57.8 Å². The van der Waals surface area contributed by atoms with Gasteiger partial charge in [0.1, 0.15) is 0 Å². The highest BCUT2D eigenvalue weighted by Gasteiger charge is 2.36. The second kappa shape index (κ2) is 6.73. The summed E-state index contributed by atoms with van der Waals surface area (Å²) >= 11 is 1.88. The zero-order valence-electron chi connectivity index (χ0n) is 13.6. The van der Waals surface area contributed by atoms with E-state index in [1.165, 1.54) is 16.0 Å². The maximum atomic E-state index is 5.95. The number of fused-ring (bicyclic) bond motifs is 1. The lowest BCUT2D eigenvalue weighted by atomic mass is 10.00. The monoisotopic (exact) mass is 328 g/mol. The molecular formula is C19H24N2OS. The van der Waals surface area contributed by atoms with Gasteiger partial charge in [-0.3, -0.25) is 9.80 Å². The van der Waals surface area contributed by atoms with Crippen molar-refractivity contribution in [2.45, 2.75) is 25.6 Å². The Bertz CT molecular complexity index is 642. The highest BCUT2D eigenvalue weighted by Crippen LogP contribution is 2.30. The summed E-state index contributed by atoms with van der Waals surface area (Å²) < 4.78 is 5.95. The third kappa shape index (κ3) is 3.22. The fourth-order valence-electron chi connectivity index (χ4n) is 3.78. The summed E-state index contributed by atoms with van der Waals surface area (Å²) in [4.78, 5) is 6.77. The Labute approximate surface area is 142 Å². The molecule has 23 heavy (non-hydrogen) atoms. The molecule has 1 aromatic carbocycles. The van der Waals surface area contributed by atoms with E-state index < -0.39 is 0 Å². The Hall–Kier alpha value is -1.20. The molecule has 3 nitrogen and oxygen atoms in total. The van der Waals surface area contributed by atoms with Gasteiger partial charge in [0.25, 0.3) is 0 Å². The number of hydrogen-bond donors (Lipinski definition) is 0. The van der Waals surface area contributed by atoms with E-state index in [1.54, 1.807) is 0 Å². The fourth-order valence-corrected chi connectivity index (χ4v) is 4.73. The Morgan fingerprint density at radius 2 is 2.00 bits per heavy atom. The van der Waals surface area contributed by atoms with Crippen LogP contribution in [0.5, 0.6) is 0 Å². The van der Waals surface area contributed by atoms with Crippen molar-refractivity contribution in [3.8, 4) is 0 Å². The van der Waals surface area contributed by atoms with Crippen LogP contribution in [0.2, 0.25) is 0 Å². The average molecular weight is 328 g/mol. The zero-order valence-corrected chi connectivity index (χ0v) is 14.5. The van der Waals surface area contributed by atoms with Crippen molar-refractivity contribution in [2.75, 3.05) is 32.8 Å². The summed E-state index contributed by atoms with van der Waals surface area (Å²) in [7, 11) is 0. The van der Waals surface area contributed by atoms with Crippen LogP contribution in [0.3, 0.4) is 0 Å². The molecule has 2 atom stereocenters. The molecule has 2 aromatic rings. The number of thiophene rings is 1. The van der Waals surface area contributed by atoms with Crippen LogP contribution >= 0.6 is 11.3 Å². The molecule has 2 aliphatic heterocycles. The van der Waals surface area contributed by atoms with E-state index in [0.29, 0.717) is 12.1 Å². The molecule has 2 saturated heterocycles. The Balaban J connectivity index is 1.45. The number of rotatable bonds is 3. The average Bonchev–Trinajstić information content (AvgIpc) is 3.00. The molecular weight excluding hydrogens is 304 g/mol. The highest BCUT2D eigenvalue weighted by molar-refractivity contribution is 7.10. The van der Waals surface area contributed by atoms with Crippen LogP contribution in [0.4, 0.5) is 0 Å². The van der Waals surface area contributed by atoms with Gasteiger partial charge in [0.2, 0.25) is 0 Å². The zero-order chi connectivity index (χ0) is 15.6. The predicted octanol–water partition coefficient (Wildman–Crippen LogP) is 3.31. The van der Waals surface area contributed by atoms with Gasteiger partial charge < -0.3 is 4.74 Å². The minimum atomic E-state index is 0.417. The van der Waals surface area contributed by atoms with Crippen LogP contribution in [0, 0.1) is 6.92 Å². The quantitative estimate of drug-likeness (QED) is 0.860. The van der Waals surface area contributed by atoms with Crippen LogP contribution in [-0.4, -0.2) is 48.7 Å². The SMILES string of the molecule is Cc1ccsc1CN1CCN2[C@@H](COC[C@@H]2c2ccccc2)C1. The molecule has 0 saturated carbocycles. The van der Waals surface area contributed by atoms with Crippen molar-refractivity contribution >= 4 is 11.3 Å². The second-order valence-corrected chi connectivity index (χ2v) is 7.62. The molecule has 1 aromatic heterocycles. The van der Waals surface area contributed by atoms with E-state index in [2.05, 4.69) is 58.5 Å². The number of hydrogen-bond acceptors (Lipinski definition) is 4. The minimum Gasteiger partial charge on any atom is -0.378 e. The van der Waals surface area contributed by atoms with Crippen molar-refractivity contribution in [2.24, 2.45) is 0 Å². The lowest BCUT2D eigenvalue weighted by molar-refractivity contribution is -0.0834. The molecule has 2 fully saturated rings. The Morgan fingerprint density at radius 3 is 2.78 bits per heavy atom. The topological polar surface area (TPSA) is 15.7 Å². The first-order chi connectivity index (χ1) is 11.3. The van der Waals surface area contributed by atoms with Gasteiger partial charge in [0, 0.05) is 37.1 Å². The van der Waals surface area contributed by atoms with E-state index in [4.69, 9.17) is 4.74 Å². The first-order valence-electron chi connectivity index (χ1n) is 8.45. The normalized spacial score (nSPS) is 26.1. The molecule has 4 heteroatoms. The molecule has 2 aliphatic rings. The van der Waals surface area contributed by atoms with Crippen molar-refractivity contribution in [3.63, 3.8) is 0 Å².